The van der Waals surface area contributed by atoms with Crippen molar-refractivity contribution in [1.29, 1.82) is 0 Å². The second-order valence-corrected chi connectivity index (χ2v) is 6.76. The number of rotatable bonds is 6. The smallest absolute Gasteiger partial charge is 0.280 e. The number of carbonyl (C=O) groups excluding carboxylic acids is 1. The van der Waals surface area contributed by atoms with Crippen LogP contribution in [0.5, 0.6) is 11.5 Å². The second-order valence-electron chi connectivity index (χ2n) is 6.76. The molecule has 0 bridgehead atoms. The molecule has 0 aliphatic rings. The van der Waals surface area contributed by atoms with Crippen molar-refractivity contribution in [3.05, 3.63) is 64.4 Å². The topological polar surface area (TPSA) is 96.4 Å². The molecule has 29 heavy (non-hydrogen) atoms. The molecule has 1 heterocycles. The Morgan fingerprint density at radius 2 is 1.41 bits per heavy atom. The minimum atomic E-state index is -0.799. The van der Waals surface area contributed by atoms with Gasteiger partial charge in [-0.05, 0) is 55.8 Å². The van der Waals surface area contributed by atoms with E-state index in [-0.39, 0.29) is 11.6 Å². The van der Waals surface area contributed by atoms with Crippen LogP contribution >= 0.6 is 0 Å². The van der Waals surface area contributed by atoms with Gasteiger partial charge in [-0.25, -0.2) is 4.68 Å². The van der Waals surface area contributed by atoms with Crippen LogP contribution in [0, 0.1) is 0 Å². The van der Waals surface area contributed by atoms with E-state index < -0.39 is 11.5 Å². The highest BCUT2D eigenvalue weighted by Gasteiger charge is 2.24. The van der Waals surface area contributed by atoms with Gasteiger partial charge in [0.05, 0.1) is 26.0 Å². The zero-order valence-corrected chi connectivity index (χ0v) is 16.8. The van der Waals surface area contributed by atoms with E-state index in [4.69, 9.17) is 15.2 Å². The van der Waals surface area contributed by atoms with Gasteiger partial charge < -0.3 is 15.2 Å². The van der Waals surface area contributed by atoms with Crippen LogP contribution in [0.3, 0.4) is 0 Å². The first-order valence-corrected chi connectivity index (χ1v) is 9.12. The van der Waals surface area contributed by atoms with E-state index in [0.717, 1.165) is 5.56 Å². The predicted molar refractivity (Wildman–Crippen MR) is 111 cm³/mol. The van der Waals surface area contributed by atoms with Crippen LogP contribution in [-0.2, 0) is 0 Å². The van der Waals surface area contributed by atoms with Crippen molar-refractivity contribution in [3.8, 4) is 33.9 Å². The molecule has 0 saturated carbocycles. The summed E-state index contributed by atoms with van der Waals surface area (Å²) in [5, 5.41) is 4.58. The highest BCUT2D eigenvalue weighted by atomic mass is 16.5. The van der Waals surface area contributed by atoms with Crippen molar-refractivity contribution in [3.63, 3.8) is 0 Å². The summed E-state index contributed by atoms with van der Waals surface area (Å²) in [5.74, 6) is 0.545. The average molecular weight is 393 g/mol. The number of nitrogens with two attached hydrogens (primary N) is 1. The standard InChI is InChI=1S/C22H23N3O4/c1-13(2)25-22(27)19(21(23)26)18(14-5-9-16(28-3)10-6-14)20(24-25)15-7-11-17(29-4)12-8-15/h5-13H,1-4H3,(H2,23,26). The number of benzene rings is 2. The number of hydrogen-bond donors (Lipinski definition) is 1. The molecule has 0 radical (unpaired) electrons. The van der Waals surface area contributed by atoms with Crippen LogP contribution in [0.1, 0.15) is 30.2 Å². The van der Waals surface area contributed by atoms with Gasteiger partial charge in [-0.3, -0.25) is 9.59 Å². The fraction of sp³-hybridized carbons (Fsp3) is 0.227. The van der Waals surface area contributed by atoms with Gasteiger partial charge in [0.25, 0.3) is 11.5 Å². The summed E-state index contributed by atoms with van der Waals surface area (Å²) in [7, 11) is 3.15. The highest BCUT2D eigenvalue weighted by molar-refractivity contribution is 6.02. The number of carbonyl (C=O) groups is 1. The molecule has 3 aromatic rings. The Balaban J connectivity index is 2.39. The van der Waals surface area contributed by atoms with Gasteiger partial charge in [0.1, 0.15) is 17.1 Å². The largest absolute Gasteiger partial charge is 0.497 e. The van der Waals surface area contributed by atoms with Crippen LogP contribution in [0.15, 0.2) is 53.3 Å². The first-order valence-electron chi connectivity index (χ1n) is 9.12. The Bertz CT molecular complexity index is 1080. The Morgan fingerprint density at radius 1 is 0.931 bits per heavy atom. The Kier molecular flexibility index (Phi) is 5.68. The molecule has 0 unspecified atom stereocenters. The number of aromatic nitrogens is 2. The van der Waals surface area contributed by atoms with Crippen molar-refractivity contribution >= 4 is 5.91 Å². The molecule has 3 rings (SSSR count). The number of hydrogen-bond acceptors (Lipinski definition) is 5. The summed E-state index contributed by atoms with van der Waals surface area (Å²) in [4.78, 5) is 25.3. The molecule has 0 spiro atoms. The predicted octanol–water partition coefficient (Wildman–Crippen LogP) is 3.27. The molecule has 2 N–H and O–H groups in total. The molecule has 0 aliphatic carbocycles. The summed E-state index contributed by atoms with van der Waals surface area (Å²) in [6, 6.07) is 14.1. The summed E-state index contributed by atoms with van der Waals surface area (Å²) in [6.07, 6.45) is 0. The highest BCUT2D eigenvalue weighted by Crippen LogP contribution is 2.34. The van der Waals surface area contributed by atoms with Gasteiger partial charge in [0, 0.05) is 11.1 Å². The molecular weight excluding hydrogens is 370 g/mol. The van der Waals surface area contributed by atoms with Crippen LogP contribution in [0.4, 0.5) is 0 Å². The van der Waals surface area contributed by atoms with Crippen molar-refractivity contribution in [2.45, 2.75) is 19.9 Å². The van der Waals surface area contributed by atoms with Crippen molar-refractivity contribution < 1.29 is 14.3 Å². The lowest BCUT2D eigenvalue weighted by Gasteiger charge is -2.18. The monoisotopic (exact) mass is 393 g/mol. The maximum atomic E-state index is 13.0. The molecule has 1 amide bonds. The van der Waals surface area contributed by atoms with Crippen molar-refractivity contribution in [1.82, 2.24) is 9.78 Å². The van der Waals surface area contributed by atoms with Gasteiger partial charge in [-0.1, -0.05) is 12.1 Å². The van der Waals surface area contributed by atoms with E-state index in [9.17, 15) is 9.59 Å². The summed E-state index contributed by atoms with van der Waals surface area (Å²) in [5.41, 5.74) is 7.29. The Labute approximate surface area is 168 Å². The summed E-state index contributed by atoms with van der Waals surface area (Å²) in [6.45, 7) is 3.65. The Morgan fingerprint density at radius 3 is 1.83 bits per heavy atom. The fourth-order valence-electron chi connectivity index (χ4n) is 3.11. The Hall–Kier alpha value is -3.61. The van der Waals surface area contributed by atoms with E-state index in [2.05, 4.69) is 5.10 Å². The number of ether oxygens (including phenoxy) is 2. The lowest BCUT2D eigenvalue weighted by Crippen LogP contribution is -2.34. The third-order valence-corrected chi connectivity index (χ3v) is 4.59. The van der Waals surface area contributed by atoms with E-state index in [1.165, 1.54) is 4.68 Å². The van der Waals surface area contributed by atoms with E-state index in [1.807, 2.05) is 26.0 Å². The first-order chi connectivity index (χ1) is 13.9. The molecule has 7 heteroatoms. The van der Waals surface area contributed by atoms with Gasteiger partial charge in [0.2, 0.25) is 0 Å². The summed E-state index contributed by atoms with van der Waals surface area (Å²) >= 11 is 0. The average Bonchev–Trinajstić information content (AvgIpc) is 2.73. The maximum Gasteiger partial charge on any atom is 0.280 e. The fourth-order valence-corrected chi connectivity index (χ4v) is 3.11. The molecule has 2 aromatic carbocycles. The third-order valence-electron chi connectivity index (χ3n) is 4.59. The molecule has 0 fully saturated rings. The zero-order valence-electron chi connectivity index (χ0n) is 16.8. The molecule has 7 nitrogen and oxygen atoms in total. The lowest BCUT2D eigenvalue weighted by atomic mass is 9.95. The van der Waals surface area contributed by atoms with Gasteiger partial charge >= 0.3 is 0 Å². The van der Waals surface area contributed by atoms with Gasteiger partial charge in [-0.15, -0.1) is 0 Å². The minimum absolute atomic E-state index is 0.0929. The molecule has 150 valence electrons. The van der Waals surface area contributed by atoms with E-state index >= 15 is 0 Å². The molecule has 1 aromatic heterocycles. The van der Waals surface area contributed by atoms with Crippen LogP contribution in [0.2, 0.25) is 0 Å². The lowest BCUT2D eigenvalue weighted by molar-refractivity contribution is 0.0998. The maximum absolute atomic E-state index is 13.0. The molecular formula is C22H23N3O4. The normalized spacial score (nSPS) is 10.8. The third kappa shape index (κ3) is 3.85. The SMILES string of the molecule is COc1ccc(-c2nn(C(C)C)c(=O)c(C(N)=O)c2-c2ccc(OC)cc2)cc1. The number of methoxy groups -OCH3 is 2. The molecule has 0 saturated heterocycles. The van der Waals surface area contributed by atoms with E-state index in [0.29, 0.717) is 28.3 Å². The van der Waals surface area contributed by atoms with E-state index in [1.54, 1.807) is 50.6 Å². The second kappa shape index (κ2) is 8.18. The van der Waals surface area contributed by atoms with Crippen molar-refractivity contribution in [2.24, 2.45) is 5.73 Å². The molecule has 0 atom stereocenters. The van der Waals surface area contributed by atoms with Gasteiger partial charge in [0.15, 0.2) is 0 Å². The number of nitrogens with zero attached hydrogens (tertiary/aromatic N) is 2. The van der Waals surface area contributed by atoms with Crippen LogP contribution in [-0.4, -0.2) is 29.9 Å². The summed E-state index contributed by atoms with van der Waals surface area (Å²) < 4.78 is 11.7. The number of amides is 1. The molecule has 0 aliphatic heterocycles. The van der Waals surface area contributed by atoms with Crippen LogP contribution in [0.25, 0.3) is 22.4 Å². The quantitative estimate of drug-likeness (QED) is 0.693. The van der Waals surface area contributed by atoms with Crippen LogP contribution < -0.4 is 20.8 Å². The zero-order chi connectivity index (χ0) is 21.1. The first kappa shape index (κ1) is 20.1. The number of primary amides is 1. The van der Waals surface area contributed by atoms with Crippen molar-refractivity contribution in [2.75, 3.05) is 14.2 Å². The van der Waals surface area contributed by atoms with Gasteiger partial charge in [-0.2, -0.15) is 5.10 Å². The minimum Gasteiger partial charge on any atom is -0.497 e.